The summed E-state index contributed by atoms with van der Waals surface area (Å²) in [4.78, 5) is 13.5. The third-order valence-electron chi connectivity index (χ3n) is 3.24. The van der Waals surface area contributed by atoms with E-state index in [0.717, 1.165) is 25.1 Å². The van der Waals surface area contributed by atoms with Crippen molar-refractivity contribution < 1.29 is 13.9 Å². The average Bonchev–Trinajstić information content (AvgIpc) is 2.80. The molecule has 0 amide bonds. The van der Waals surface area contributed by atoms with Crippen LogP contribution in [0.1, 0.15) is 19.3 Å². The van der Waals surface area contributed by atoms with Crippen molar-refractivity contribution in [2.75, 3.05) is 18.6 Å². The number of esters is 1. The second kappa shape index (κ2) is 5.69. The lowest BCUT2D eigenvalue weighted by Crippen LogP contribution is -2.31. The summed E-state index contributed by atoms with van der Waals surface area (Å²) in [7, 11) is 1.40. The highest BCUT2D eigenvalue weighted by atomic mass is 79.9. The fraction of sp³-hybridized carbons (Fsp3) is 0.462. The predicted molar refractivity (Wildman–Crippen MR) is 71.1 cm³/mol. The molecule has 0 saturated carbocycles. The van der Waals surface area contributed by atoms with Crippen molar-refractivity contribution in [1.82, 2.24) is 0 Å². The van der Waals surface area contributed by atoms with Crippen LogP contribution in [0.4, 0.5) is 10.1 Å². The van der Waals surface area contributed by atoms with Crippen LogP contribution in [0, 0.1) is 5.82 Å². The van der Waals surface area contributed by atoms with Gasteiger partial charge in [0.05, 0.1) is 18.0 Å². The molecule has 0 bridgehead atoms. The van der Waals surface area contributed by atoms with Crippen molar-refractivity contribution in [3.8, 4) is 0 Å². The van der Waals surface area contributed by atoms with Gasteiger partial charge < -0.3 is 9.64 Å². The van der Waals surface area contributed by atoms with E-state index < -0.39 is 0 Å². The monoisotopic (exact) mass is 315 g/mol. The highest BCUT2D eigenvalue weighted by Gasteiger charge is 2.27. The van der Waals surface area contributed by atoms with Crippen LogP contribution in [0.5, 0.6) is 0 Å². The molecule has 0 radical (unpaired) electrons. The Bertz CT molecular complexity index is 453. The van der Waals surface area contributed by atoms with Gasteiger partial charge in [-0.05, 0) is 47.0 Å². The second-order valence-electron chi connectivity index (χ2n) is 4.37. The van der Waals surface area contributed by atoms with Gasteiger partial charge in [0, 0.05) is 18.3 Å². The first-order valence-corrected chi connectivity index (χ1v) is 6.69. The normalized spacial score (nSPS) is 19.1. The van der Waals surface area contributed by atoms with Crippen molar-refractivity contribution in [1.29, 1.82) is 0 Å². The molecule has 18 heavy (non-hydrogen) atoms. The predicted octanol–water partition coefficient (Wildman–Crippen LogP) is 3.12. The summed E-state index contributed by atoms with van der Waals surface area (Å²) in [5.74, 6) is -0.476. The van der Waals surface area contributed by atoms with Gasteiger partial charge in [-0.25, -0.2) is 4.39 Å². The van der Waals surface area contributed by atoms with Gasteiger partial charge in [-0.2, -0.15) is 0 Å². The Morgan fingerprint density at radius 1 is 1.61 bits per heavy atom. The van der Waals surface area contributed by atoms with Gasteiger partial charge in [-0.1, -0.05) is 0 Å². The molecule has 0 N–H and O–H groups in total. The lowest BCUT2D eigenvalue weighted by atomic mass is 10.1. The van der Waals surface area contributed by atoms with Crippen LogP contribution in [-0.4, -0.2) is 25.7 Å². The van der Waals surface area contributed by atoms with Crippen molar-refractivity contribution in [3.05, 3.63) is 28.5 Å². The number of hydrogen-bond donors (Lipinski definition) is 0. The molecule has 1 aromatic rings. The third-order valence-corrected chi connectivity index (χ3v) is 3.85. The van der Waals surface area contributed by atoms with Gasteiger partial charge >= 0.3 is 5.97 Å². The summed E-state index contributed by atoms with van der Waals surface area (Å²) in [6.45, 7) is 0.889. The number of halogens is 2. The van der Waals surface area contributed by atoms with Crippen molar-refractivity contribution >= 4 is 27.6 Å². The molecule has 0 spiro atoms. The molecule has 1 unspecified atom stereocenters. The van der Waals surface area contributed by atoms with Crippen LogP contribution in [0.3, 0.4) is 0 Å². The number of carbonyl (C=O) groups excluding carboxylic acids is 1. The average molecular weight is 316 g/mol. The number of methoxy groups -OCH3 is 1. The minimum Gasteiger partial charge on any atom is -0.469 e. The highest BCUT2D eigenvalue weighted by Crippen LogP contribution is 2.30. The van der Waals surface area contributed by atoms with Gasteiger partial charge in [-0.3, -0.25) is 4.79 Å². The lowest BCUT2D eigenvalue weighted by Gasteiger charge is -2.26. The van der Waals surface area contributed by atoms with Gasteiger partial charge in [0.1, 0.15) is 5.82 Å². The molecule has 0 aliphatic carbocycles. The molecule has 1 fully saturated rings. The highest BCUT2D eigenvalue weighted by molar-refractivity contribution is 9.10. The minimum atomic E-state index is -0.275. The van der Waals surface area contributed by atoms with Crippen LogP contribution < -0.4 is 4.90 Å². The lowest BCUT2D eigenvalue weighted by molar-refractivity contribution is -0.140. The fourth-order valence-electron chi connectivity index (χ4n) is 2.33. The van der Waals surface area contributed by atoms with Crippen LogP contribution in [0.2, 0.25) is 0 Å². The Balaban J connectivity index is 2.15. The molecular formula is C13H15BrFNO2. The first-order valence-electron chi connectivity index (χ1n) is 5.90. The molecule has 1 saturated heterocycles. The largest absolute Gasteiger partial charge is 0.469 e. The first-order chi connectivity index (χ1) is 8.61. The zero-order chi connectivity index (χ0) is 13.1. The molecular weight excluding hydrogens is 301 g/mol. The van der Waals surface area contributed by atoms with Crippen LogP contribution in [0.25, 0.3) is 0 Å². The number of nitrogens with zero attached hydrogens (tertiary/aromatic N) is 1. The molecule has 1 atom stereocenters. The van der Waals surface area contributed by atoms with E-state index in [1.165, 1.54) is 13.2 Å². The molecule has 98 valence electrons. The van der Waals surface area contributed by atoms with Crippen LogP contribution in [-0.2, 0) is 9.53 Å². The molecule has 1 aliphatic rings. The van der Waals surface area contributed by atoms with E-state index in [-0.39, 0.29) is 17.8 Å². The van der Waals surface area contributed by atoms with E-state index >= 15 is 0 Å². The van der Waals surface area contributed by atoms with E-state index in [9.17, 15) is 9.18 Å². The Labute approximate surface area is 114 Å². The maximum Gasteiger partial charge on any atom is 0.307 e. The summed E-state index contributed by atoms with van der Waals surface area (Å²) >= 11 is 3.18. The minimum absolute atomic E-state index is 0.148. The summed E-state index contributed by atoms with van der Waals surface area (Å²) in [6.07, 6.45) is 2.38. The van der Waals surface area contributed by atoms with Crippen molar-refractivity contribution in [2.24, 2.45) is 0 Å². The van der Waals surface area contributed by atoms with Crippen LogP contribution >= 0.6 is 15.9 Å². The number of ether oxygens (including phenoxy) is 1. The third kappa shape index (κ3) is 2.83. The van der Waals surface area contributed by atoms with Gasteiger partial charge in [0.2, 0.25) is 0 Å². The molecule has 0 aromatic heterocycles. The molecule has 2 rings (SSSR count). The Hall–Kier alpha value is -1.10. The summed E-state index contributed by atoms with van der Waals surface area (Å²) in [6, 6.07) is 5.09. The second-order valence-corrected chi connectivity index (χ2v) is 5.22. The number of carbonyl (C=O) groups is 1. The van der Waals surface area contributed by atoms with Crippen molar-refractivity contribution in [3.63, 3.8) is 0 Å². The van der Waals surface area contributed by atoms with E-state index in [4.69, 9.17) is 4.74 Å². The zero-order valence-electron chi connectivity index (χ0n) is 10.2. The number of benzene rings is 1. The summed E-state index contributed by atoms with van der Waals surface area (Å²) in [5, 5.41) is 0. The van der Waals surface area contributed by atoms with E-state index in [0.29, 0.717) is 10.9 Å². The van der Waals surface area contributed by atoms with Crippen molar-refractivity contribution in [2.45, 2.75) is 25.3 Å². The molecule has 1 aromatic carbocycles. The maximum atomic E-state index is 13.2. The van der Waals surface area contributed by atoms with E-state index in [1.807, 2.05) is 0 Å². The topological polar surface area (TPSA) is 29.5 Å². The quantitative estimate of drug-likeness (QED) is 0.803. The number of anilines is 1. The van der Waals surface area contributed by atoms with Crippen LogP contribution in [0.15, 0.2) is 22.7 Å². The standard InChI is InChI=1S/C13H15BrFNO2/c1-18-13(17)8-9-3-2-6-16(9)10-4-5-12(15)11(14)7-10/h4-5,7,9H,2-3,6,8H2,1H3. The van der Waals surface area contributed by atoms with Gasteiger partial charge in [-0.15, -0.1) is 0 Å². The molecule has 5 heteroatoms. The molecule has 3 nitrogen and oxygen atoms in total. The number of rotatable bonds is 3. The molecule has 1 heterocycles. The molecule has 1 aliphatic heterocycles. The smallest absolute Gasteiger partial charge is 0.307 e. The first kappa shape index (κ1) is 13.3. The summed E-state index contributed by atoms with van der Waals surface area (Å²) < 4.78 is 18.4. The Kier molecular flexibility index (Phi) is 4.22. The zero-order valence-corrected chi connectivity index (χ0v) is 11.7. The van der Waals surface area contributed by atoms with Gasteiger partial charge in [0.15, 0.2) is 0 Å². The Morgan fingerprint density at radius 2 is 2.39 bits per heavy atom. The maximum absolute atomic E-state index is 13.2. The van der Waals surface area contributed by atoms with Gasteiger partial charge in [0.25, 0.3) is 0 Å². The number of hydrogen-bond acceptors (Lipinski definition) is 3. The van der Waals surface area contributed by atoms with E-state index in [1.54, 1.807) is 12.1 Å². The Morgan fingerprint density at radius 3 is 3.06 bits per heavy atom. The summed E-state index contributed by atoms with van der Waals surface area (Å²) in [5.41, 5.74) is 0.940. The SMILES string of the molecule is COC(=O)CC1CCCN1c1ccc(F)c(Br)c1. The fourth-order valence-corrected chi connectivity index (χ4v) is 2.69. The van der Waals surface area contributed by atoms with E-state index in [2.05, 4.69) is 20.8 Å².